The van der Waals surface area contributed by atoms with Gasteiger partial charge in [0.05, 0.1) is 28.6 Å². The summed E-state index contributed by atoms with van der Waals surface area (Å²) in [5.74, 6) is -5.34. The summed E-state index contributed by atoms with van der Waals surface area (Å²) in [6.07, 6.45) is -1.08. The standard InChI is InChI=1S/C26H15ClN2O7/c27-14-7-5-13(6-8-14)21-19-20(26(36-21)22(30)17-3-1-2-4-18(17)23(26)31)25(33)28(24(19)32)15-9-11-16(12-10-15)29(34)35/h1-12,19-21H/t19-,20-,21+/m0/s1. The van der Waals surface area contributed by atoms with E-state index in [1.807, 2.05) is 0 Å². The number of amides is 2. The predicted octanol–water partition coefficient (Wildman–Crippen LogP) is 3.94. The van der Waals surface area contributed by atoms with Crippen LogP contribution in [0.25, 0.3) is 0 Å². The number of nitrogens with zero attached hydrogens (tertiary/aromatic N) is 2. The van der Waals surface area contributed by atoms with E-state index >= 15 is 0 Å². The van der Waals surface area contributed by atoms with E-state index in [-0.39, 0.29) is 22.5 Å². The van der Waals surface area contributed by atoms with Crippen LogP contribution < -0.4 is 4.90 Å². The lowest BCUT2D eigenvalue weighted by Crippen LogP contribution is -2.51. The van der Waals surface area contributed by atoms with Gasteiger partial charge >= 0.3 is 0 Å². The van der Waals surface area contributed by atoms with Crippen molar-refractivity contribution >= 4 is 46.4 Å². The highest BCUT2D eigenvalue weighted by Crippen LogP contribution is 2.57. The van der Waals surface area contributed by atoms with E-state index in [1.54, 1.807) is 36.4 Å². The molecule has 36 heavy (non-hydrogen) atoms. The third-order valence-electron chi connectivity index (χ3n) is 7.04. The summed E-state index contributed by atoms with van der Waals surface area (Å²) in [6.45, 7) is 0. The SMILES string of the molecule is O=C1[C@@H]2[C@@H](c3ccc(Cl)cc3)OC3(C(=O)c4ccccc4C3=O)[C@@H]2C(=O)N1c1ccc([N+](=O)[O-])cc1. The van der Waals surface area contributed by atoms with Gasteiger partial charge in [0, 0.05) is 28.3 Å². The van der Waals surface area contributed by atoms with Gasteiger partial charge in [0.1, 0.15) is 0 Å². The van der Waals surface area contributed by atoms with Crippen LogP contribution in [-0.4, -0.2) is 33.9 Å². The molecule has 0 N–H and O–H groups in total. The molecule has 1 spiro atoms. The van der Waals surface area contributed by atoms with Crippen LogP contribution in [0.4, 0.5) is 11.4 Å². The fraction of sp³-hybridized carbons (Fsp3) is 0.154. The van der Waals surface area contributed by atoms with Gasteiger partial charge in [-0.2, -0.15) is 0 Å². The first kappa shape index (κ1) is 22.3. The summed E-state index contributed by atoms with van der Waals surface area (Å²) in [4.78, 5) is 66.3. The molecule has 2 heterocycles. The summed E-state index contributed by atoms with van der Waals surface area (Å²) in [7, 11) is 0. The third kappa shape index (κ3) is 2.81. The molecule has 0 saturated carbocycles. The number of ketones is 2. The van der Waals surface area contributed by atoms with Crippen LogP contribution in [0.15, 0.2) is 72.8 Å². The molecular formula is C26H15ClN2O7. The Labute approximate surface area is 208 Å². The minimum Gasteiger partial charge on any atom is -0.349 e. The highest BCUT2D eigenvalue weighted by atomic mass is 35.5. The largest absolute Gasteiger partial charge is 0.349 e. The Morgan fingerprint density at radius 3 is 1.97 bits per heavy atom. The van der Waals surface area contributed by atoms with Crippen LogP contribution in [-0.2, 0) is 14.3 Å². The first-order valence-corrected chi connectivity index (χ1v) is 11.4. The first-order valence-electron chi connectivity index (χ1n) is 11.0. The van der Waals surface area contributed by atoms with Crippen LogP contribution >= 0.6 is 11.6 Å². The molecule has 2 amide bonds. The third-order valence-corrected chi connectivity index (χ3v) is 7.29. The fourth-order valence-corrected chi connectivity index (χ4v) is 5.57. The first-order chi connectivity index (χ1) is 17.3. The summed E-state index contributed by atoms with van der Waals surface area (Å²) in [6, 6.07) is 17.5. The maximum atomic E-state index is 13.8. The highest BCUT2D eigenvalue weighted by molar-refractivity contribution is 6.37. The Bertz CT molecular complexity index is 1460. The summed E-state index contributed by atoms with van der Waals surface area (Å²) >= 11 is 6.02. The number of Topliss-reactive ketones (excluding diaryl/α,β-unsaturated/α-hetero) is 2. The molecule has 9 nitrogen and oxygen atoms in total. The maximum Gasteiger partial charge on any atom is 0.269 e. The number of hydrogen-bond donors (Lipinski definition) is 0. The van der Waals surface area contributed by atoms with Crippen molar-refractivity contribution in [2.75, 3.05) is 4.90 Å². The maximum absolute atomic E-state index is 13.8. The molecule has 3 aliphatic rings. The Balaban J connectivity index is 1.51. The van der Waals surface area contributed by atoms with Crippen LogP contribution in [0.3, 0.4) is 0 Å². The van der Waals surface area contributed by atoms with Gasteiger partial charge in [-0.3, -0.25) is 29.3 Å². The number of anilines is 1. The molecule has 178 valence electrons. The second kappa shape index (κ2) is 7.64. The zero-order valence-electron chi connectivity index (χ0n) is 18.3. The number of hydrogen-bond acceptors (Lipinski definition) is 7. The van der Waals surface area contributed by atoms with Gasteiger partial charge in [-0.1, -0.05) is 48.0 Å². The molecule has 2 aliphatic heterocycles. The van der Waals surface area contributed by atoms with Crippen molar-refractivity contribution in [3.63, 3.8) is 0 Å². The van der Waals surface area contributed by atoms with E-state index in [0.717, 1.165) is 4.90 Å². The van der Waals surface area contributed by atoms with Crippen LogP contribution in [0.1, 0.15) is 32.4 Å². The van der Waals surface area contributed by atoms with Gasteiger partial charge in [-0.25, -0.2) is 4.90 Å². The lowest BCUT2D eigenvalue weighted by Gasteiger charge is -2.27. The monoisotopic (exact) mass is 502 g/mol. The smallest absolute Gasteiger partial charge is 0.269 e. The Morgan fingerprint density at radius 2 is 1.42 bits per heavy atom. The van der Waals surface area contributed by atoms with Crippen molar-refractivity contribution in [3.8, 4) is 0 Å². The molecule has 2 fully saturated rings. The average molecular weight is 503 g/mol. The molecule has 0 unspecified atom stereocenters. The number of ether oxygens (including phenoxy) is 1. The molecule has 3 aromatic carbocycles. The van der Waals surface area contributed by atoms with Crippen LogP contribution in [0.2, 0.25) is 5.02 Å². The van der Waals surface area contributed by atoms with E-state index in [1.165, 1.54) is 36.4 Å². The number of rotatable bonds is 3. The minimum absolute atomic E-state index is 0.102. The molecule has 0 aromatic heterocycles. The number of carbonyl (C=O) groups is 4. The van der Waals surface area contributed by atoms with E-state index in [2.05, 4.69) is 0 Å². The van der Waals surface area contributed by atoms with E-state index in [4.69, 9.17) is 16.3 Å². The van der Waals surface area contributed by atoms with E-state index < -0.39 is 51.8 Å². The lowest BCUT2D eigenvalue weighted by molar-refractivity contribution is -0.384. The van der Waals surface area contributed by atoms with Crippen molar-refractivity contribution in [1.29, 1.82) is 0 Å². The second-order valence-electron chi connectivity index (χ2n) is 8.82. The van der Waals surface area contributed by atoms with Crippen LogP contribution in [0, 0.1) is 22.0 Å². The number of nitro groups is 1. The predicted molar refractivity (Wildman–Crippen MR) is 126 cm³/mol. The summed E-state index contributed by atoms with van der Waals surface area (Å²) in [5, 5.41) is 11.5. The molecule has 10 heteroatoms. The highest BCUT2D eigenvalue weighted by Gasteiger charge is 2.74. The zero-order valence-corrected chi connectivity index (χ0v) is 19.0. The van der Waals surface area contributed by atoms with Gasteiger partial charge in [0.25, 0.3) is 5.69 Å². The number of nitro benzene ring substituents is 1. The van der Waals surface area contributed by atoms with Crippen molar-refractivity contribution in [1.82, 2.24) is 0 Å². The Morgan fingerprint density at radius 1 is 0.833 bits per heavy atom. The van der Waals surface area contributed by atoms with Crippen molar-refractivity contribution in [2.45, 2.75) is 11.7 Å². The molecule has 0 radical (unpaired) electrons. The number of halogens is 1. The number of benzene rings is 3. The minimum atomic E-state index is -2.19. The number of carbonyl (C=O) groups excluding carboxylic acids is 4. The van der Waals surface area contributed by atoms with Gasteiger partial charge in [-0.05, 0) is 29.8 Å². The summed E-state index contributed by atoms with van der Waals surface area (Å²) < 4.78 is 6.19. The van der Waals surface area contributed by atoms with Crippen molar-refractivity contribution in [3.05, 3.63) is 105 Å². The molecular weight excluding hydrogens is 488 g/mol. The molecule has 0 bridgehead atoms. The van der Waals surface area contributed by atoms with Crippen LogP contribution in [0.5, 0.6) is 0 Å². The van der Waals surface area contributed by atoms with Gasteiger partial charge in [-0.15, -0.1) is 0 Å². The normalized spacial score (nSPS) is 23.9. The zero-order chi connectivity index (χ0) is 25.4. The molecule has 6 rings (SSSR count). The molecule has 3 aromatic rings. The Kier molecular flexibility index (Phi) is 4.73. The fourth-order valence-electron chi connectivity index (χ4n) is 5.45. The Hall–Kier alpha value is -4.21. The van der Waals surface area contributed by atoms with Gasteiger partial charge in [0.2, 0.25) is 29.0 Å². The number of imide groups is 1. The molecule has 3 atom stereocenters. The summed E-state index contributed by atoms with van der Waals surface area (Å²) in [5.41, 5.74) is -1.56. The number of non-ortho nitro benzene ring substituents is 1. The van der Waals surface area contributed by atoms with Gasteiger partial charge in [0.15, 0.2) is 0 Å². The molecule has 2 saturated heterocycles. The topological polar surface area (TPSA) is 124 Å². The van der Waals surface area contributed by atoms with E-state index in [9.17, 15) is 29.3 Å². The molecule has 1 aliphatic carbocycles. The lowest BCUT2D eigenvalue weighted by atomic mass is 9.77. The second-order valence-corrected chi connectivity index (χ2v) is 9.25. The average Bonchev–Trinajstić information content (AvgIpc) is 3.44. The van der Waals surface area contributed by atoms with E-state index in [0.29, 0.717) is 10.6 Å². The van der Waals surface area contributed by atoms with Crippen molar-refractivity contribution in [2.24, 2.45) is 11.8 Å². The van der Waals surface area contributed by atoms with Gasteiger partial charge < -0.3 is 4.74 Å². The van der Waals surface area contributed by atoms with Crippen molar-refractivity contribution < 1.29 is 28.8 Å². The quantitative estimate of drug-likeness (QED) is 0.230. The number of fused-ring (bicyclic) bond motifs is 3.